The van der Waals surface area contributed by atoms with Gasteiger partial charge in [0.1, 0.15) is 0 Å². The van der Waals surface area contributed by atoms with Crippen LogP contribution in [-0.2, 0) is 19.1 Å². The van der Waals surface area contributed by atoms with E-state index in [2.05, 4.69) is 20.7 Å². The zero-order valence-electron chi connectivity index (χ0n) is 14.1. The molecular formula is C16H21N3O5S. The number of ether oxygens (including phenoxy) is 2. The minimum atomic E-state index is -0.480. The maximum absolute atomic E-state index is 12.2. The zero-order chi connectivity index (χ0) is 18.7. The average Bonchev–Trinajstić information content (AvgIpc) is 2.60. The molecule has 8 nitrogen and oxygen atoms in total. The van der Waals surface area contributed by atoms with Crippen molar-refractivity contribution in [3.05, 3.63) is 29.8 Å². The molecule has 2 amide bonds. The number of amides is 2. The van der Waals surface area contributed by atoms with Gasteiger partial charge in [0.2, 0.25) is 5.91 Å². The topological polar surface area (TPSA) is 106 Å². The summed E-state index contributed by atoms with van der Waals surface area (Å²) in [7, 11) is 2.80. The van der Waals surface area contributed by atoms with Crippen LogP contribution in [0.5, 0.6) is 0 Å². The van der Waals surface area contributed by atoms with Gasteiger partial charge in [0.15, 0.2) is 5.11 Å². The number of thiocarbonyl (C=S) groups is 1. The van der Waals surface area contributed by atoms with Crippen molar-refractivity contribution in [1.82, 2.24) is 10.6 Å². The molecule has 1 aromatic rings. The first-order valence-corrected chi connectivity index (χ1v) is 7.92. The highest BCUT2D eigenvalue weighted by Crippen LogP contribution is 2.14. The summed E-state index contributed by atoms with van der Waals surface area (Å²) in [5.41, 5.74) is 0.834. The first kappa shape index (κ1) is 20.5. The van der Waals surface area contributed by atoms with Gasteiger partial charge in [-0.1, -0.05) is 12.1 Å². The van der Waals surface area contributed by atoms with E-state index in [1.165, 1.54) is 7.11 Å². The third-order valence-corrected chi connectivity index (χ3v) is 3.25. The highest BCUT2D eigenvalue weighted by Gasteiger charge is 2.13. The van der Waals surface area contributed by atoms with Crippen molar-refractivity contribution in [2.24, 2.45) is 0 Å². The molecular weight excluding hydrogens is 346 g/mol. The Morgan fingerprint density at radius 3 is 2.52 bits per heavy atom. The standard InChI is InChI=1S/C16H21N3O5S/c1-23-10-9-17-15(22)11-5-3-4-6-12(11)18-16(25)19-13(20)7-8-14(21)24-2/h3-6H,7-10H2,1-2H3,(H,17,22)(H2,18,19,20,25). The van der Waals surface area contributed by atoms with Gasteiger partial charge < -0.3 is 25.4 Å². The van der Waals surface area contributed by atoms with E-state index >= 15 is 0 Å². The molecule has 0 aliphatic rings. The second kappa shape index (κ2) is 11.1. The van der Waals surface area contributed by atoms with Crippen molar-refractivity contribution in [2.45, 2.75) is 12.8 Å². The third-order valence-electron chi connectivity index (χ3n) is 3.05. The summed E-state index contributed by atoms with van der Waals surface area (Å²) < 4.78 is 9.35. The van der Waals surface area contributed by atoms with Crippen molar-refractivity contribution in [1.29, 1.82) is 0 Å². The van der Waals surface area contributed by atoms with Crippen LogP contribution >= 0.6 is 12.2 Å². The van der Waals surface area contributed by atoms with E-state index in [4.69, 9.17) is 17.0 Å². The third kappa shape index (κ3) is 7.73. The zero-order valence-corrected chi connectivity index (χ0v) is 14.9. The smallest absolute Gasteiger partial charge is 0.306 e. The Balaban J connectivity index is 2.60. The second-order valence-electron chi connectivity index (χ2n) is 4.87. The normalized spacial score (nSPS) is 9.84. The van der Waals surface area contributed by atoms with Gasteiger partial charge in [-0.3, -0.25) is 14.4 Å². The number of para-hydroxylation sites is 1. The molecule has 3 N–H and O–H groups in total. The van der Waals surface area contributed by atoms with E-state index in [9.17, 15) is 14.4 Å². The van der Waals surface area contributed by atoms with Crippen molar-refractivity contribution in [2.75, 3.05) is 32.7 Å². The first-order valence-electron chi connectivity index (χ1n) is 7.51. The van der Waals surface area contributed by atoms with Gasteiger partial charge in [0.25, 0.3) is 5.91 Å². The number of hydrogen-bond acceptors (Lipinski definition) is 6. The van der Waals surface area contributed by atoms with E-state index < -0.39 is 11.9 Å². The lowest BCUT2D eigenvalue weighted by molar-refractivity contribution is -0.142. The molecule has 0 atom stereocenters. The minimum Gasteiger partial charge on any atom is -0.469 e. The lowest BCUT2D eigenvalue weighted by Crippen LogP contribution is -2.35. The molecule has 0 saturated heterocycles. The molecule has 9 heteroatoms. The molecule has 1 rings (SSSR count). The number of carbonyl (C=O) groups is 3. The predicted molar refractivity (Wildman–Crippen MR) is 96.3 cm³/mol. The molecule has 0 fully saturated rings. The highest BCUT2D eigenvalue weighted by molar-refractivity contribution is 7.80. The lowest BCUT2D eigenvalue weighted by Gasteiger charge is -2.13. The van der Waals surface area contributed by atoms with Crippen LogP contribution in [0.1, 0.15) is 23.2 Å². The van der Waals surface area contributed by atoms with Gasteiger partial charge in [-0.05, 0) is 24.4 Å². The van der Waals surface area contributed by atoms with Crippen LogP contribution < -0.4 is 16.0 Å². The number of anilines is 1. The van der Waals surface area contributed by atoms with Gasteiger partial charge >= 0.3 is 5.97 Å². The summed E-state index contributed by atoms with van der Waals surface area (Å²) in [6, 6.07) is 6.74. The quantitative estimate of drug-likeness (QED) is 0.355. The second-order valence-corrected chi connectivity index (χ2v) is 5.28. The summed E-state index contributed by atoms with van der Waals surface area (Å²) in [6.45, 7) is 0.772. The SMILES string of the molecule is COCCNC(=O)c1ccccc1NC(=S)NC(=O)CCC(=O)OC. The number of carbonyl (C=O) groups excluding carboxylic acids is 3. The van der Waals surface area contributed by atoms with Crippen molar-refractivity contribution >= 4 is 40.8 Å². The summed E-state index contributed by atoms with van der Waals surface area (Å²) in [4.78, 5) is 34.9. The van der Waals surface area contributed by atoms with Gasteiger partial charge in [-0.2, -0.15) is 0 Å². The number of esters is 1. The van der Waals surface area contributed by atoms with Gasteiger partial charge in [0, 0.05) is 20.1 Å². The number of benzene rings is 1. The Morgan fingerprint density at radius 2 is 1.84 bits per heavy atom. The van der Waals surface area contributed by atoms with Crippen molar-refractivity contribution in [3.63, 3.8) is 0 Å². The van der Waals surface area contributed by atoms with Crippen LogP contribution in [0, 0.1) is 0 Å². The van der Waals surface area contributed by atoms with E-state index in [-0.39, 0.29) is 23.9 Å². The minimum absolute atomic E-state index is 0.0343. The van der Waals surface area contributed by atoms with E-state index in [0.717, 1.165) is 0 Å². The summed E-state index contributed by atoms with van der Waals surface area (Å²) in [6.07, 6.45) is -0.0862. The molecule has 0 spiro atoms. The number of rotatable bonds is 8. The van der Waals surface area contributed by atoms with Gasteiger partial charge in [-0.15, -0.1) is 0 Å². The highest BCUT2D eigenvalue weighted by atomic mass is 32.1. The Hall–Kier alpha value is -2.52. The molecule has 0 unspecified atom stereocenters. The van der Waals surface area contributed by atoms with Crippen LogP contribution in [0.15, 0.2) is 24.3 Å². The Bertz CT molecular complexity index is 636. The molecule has 0 heterocycles. The van der Waals surface area contributed by atoms with E-state index in [0.29, 0.717) is 24.4 Å². The van der Waals surface area contributed by atoms with E-state index in [1.807, 2.05) is 0 Å². The number of hydrogen-bond donors (Lipinski definition) is 3. The average molecular weight is 367 g/mol. The van der Waals surface area contributed by atoms with Crippen LogP contribution in [0.3, 0.4) is 0 Å². The number of methoxy groups -OCH3 is 2. The summed E-state index contributed by atoms with van der Waals surface area (Å²) in [5.74, 6) is -1.20. The number of nitrogens with one attached hydrogen (secondary N) is 3. The molecule has 0 saturated carbocycles. The van der Waals surface area contributed by atoms with Crippen LogP contribution in [0.25, 0.3) is 0 Å². The van der Waals surface area contributed by atoms with Crippen molar-refractivity contribution in [3.8, 4) is 0 Å². The van der Waals surface area contributed by atoms with Gasteiger partial charge in [0.05, 0.1) is 31.4 Å². The van der Waals surface area contributed by atoms with Crippen LogP contribution in [0.2, 0.25) is 0 Å². The summed E-state index contributed by atoms with van der Waals surface area (Å²) >= 11 is 5.06. The Morgan fingerprint density at radius 1 is 1.12 bits per heavy atom. The molecule has 1 aromatic carbocycles. The molecule has 0 bridgehead atoms. The Kier molecular flexibility index (Phi) is 9.12. The first-order chi connectivity index (χ1) is 12.0. The van der Waals surface area contributed by atoms with E-state index in [1.54, 1.807) is 31.4 Å². The summed E-state index contributed by atoms with van der Waals surface area (Å²) in [5, 5.41) is 8.00. The molecule has 0 aliphatic carbocycles. The maximum Gasteiger partial charge on any atom is 0.306 e. The fourth-order valence-corrected chi connectivity index (χ4v) is 2.04. The fraction of sp³-hybridized carbons (Fsp3) is 0.375. The monoisotopic (exact) mass is 367 g/mol. The lowest BCUT2D eigenvalue weighted by atomic mass is 10.1. The molecule has 0 radical (unpaired) electrons. The Labute approximate surface area is 151 Å². The van der Waals surface area contributed by atoms with Gasteiger partial charge in [-0.25, -0.2) is 0 Å². The molecule has 0 aromatic heterocycles. The molecule has 0 aliphatic heterocycles. The van der Waals surface area contributed by atoms with Crippen LogP contribution in [-0.4, -0.2) is 50.3 Å². The molecule has 136 valence electrons. The predicted octanol–water partition coefficient (Wildman–Crippen LogP) is 0.829. The van der Waals surface area contributed by atoms with Crippen molar-refractivity contribution < 1.29 is 23.9 Å². The fourth-order valence-electron chi connectivity index (χ4n) is 1.81. The molecule has 25 heavy (non-hydrogen) atoms. The van der Waals surface area contributed by atoms with Crippen LogP contribution in [0.4, 0.5) is 5.69 Å². The largest absolute Gasteiger partial charge is 0.469 e. The maximum atomic E-state index is 12.2.